The van der Waals surface area contributed by atoms with Crippen LogP contribution in [0.1, 0.15) is 10.4 Å². The zero-order valence-electron chi connectivity index (χ0n) is 16.0. The Balaban J connectivity index is 1.83. The molecule has 0 aromatic heterocycles. The largest absolute Gasteiger partial charge is 0.495 e. The standard InChI is InChI=1S/C20H16FN3O6S/c1-30-19-10-7-16(24(26)27)12-18(19)22-20(25)13-3-2-4-15(11-13)23-31(28,29)17-8-5-14(21)6-9-17/h2-12,23H,1H3,(H,22,25). The topological polar surface area (TPSA) is 128 Å². The summed E-state index contributed by atoms with van der Waals surface area (Å²) in [5.74, 6) is -0.997. The van der Waals surface area contributed by atoms with E-state index in [0.717, 1.165) is 30.3 Å². The van der Waals surface area contributed by atoms with Crippen molar-refractivity contribution in [1.82, 2.24) is 0 Å². The van der Waals surface area contributed by atoms with Crippen molar-refractivity contribution in [3.8, 4) is 5.75 Å². The quantitative estimate of drug-likeness (QED) is 0.421. The summed E-state index contributed by atoms with van der Waals surface area (Å²) < 4.78 is 45.4. The lowest BCUT2D eigenvalue weighted by atomic mass is 10.2. The van der Waals surface area contributed by atoms with Gasteiger partial charge in [0.1, 0.15) is 11.6 Å². The Morgan fingerprint density at radius 2 is 1.77 bits per heavy atom. The Morgan fingerprint density at radius 1 is 1.06 bits per heavy atom. The van der Waals surface area contributed by atoms with E-state index in [4.69, 9.17) is 4.74 Å². The van der Waals surface area contributed by atoms with Crippen molar-refractivity contribution in [1.29, 1.82) is 0 Å². The number of halogens is 1. The molecule has 3 aromatic rings. The highest BCUT2D eigenvalue weighted by Gasteiger charge is 2.17. The van der Waals surface area contributed by atoms with Crippen LogP contribution in [-0.2, 0) is 10.0 Å². The lowest BCUT2D eigenvalue weighted by Crippen LogP contribution is -2.15. The molecular formula is C20H16FN3O6S. The van der Waals surface area contributed by atoms with Gasteiger partial charge in [0.05, 0.1) is 22.6 Å². The fourth-order valence-electron chi connectivity index (χ4n) is 2.65. The number of benzene rings is 3. The third-order valence-electron chi connectivity index (χ3n) is 4.14. The number of nitro benzene ring substituents is 1. The number of hydrogen-bond donors (Lipinski definition) is 2. The van der Waals surface area contributed by atoms with Crippen molar-refractivity contribution in [2.75, 3.05) is 17.1 Å². The first kappa shape index (κ1) is 21.7. The molecule has 3 rings (SSSR count). The lowest BCUT2D eigenvalue weighted by Gasteiger charge is -2.12. The van der Waals surface area contributed by atoms with Crippen LogP contribution >= 0.6 is 0 Å². The molecule has 0 aliphatic rings. The Morgan fingerprint density at radius 3 is 2.42 bits per heavy atom. The number of nitro groups is 1. The second kappa shape index (κ2) is 8.79. The number of carbonyl (C=O) groups is 1. The Kier molecular flexibility index (Phi) is 6.16. The van der Waals surface area contributed by atoms with Crippen LogP contribution < -0.4 is 14.8 Å². The maximum atomic E-state index is 13.0. The maximum Gasteiger partial charge on any atom is 0.271 e. The smallest absolute Gasteiger partial charge is 0.271 e. The molecule has 31 heavy (non-hydrogen) atoms. The number of nitrogens with zero attached hydrogens (tertiary/aromatic N) is 1. The molecule has 11 heteroatoms. The van der Waals surface area contributed by atoms with Crippen LogP contribution in [0.4, 0.5) is 21.5 Å². The first-order chi connectivity index (χ1) is 14.7. The highest BCUT2D eigenvalue weighted by Crippen LogP contribution is 2.29. The van der Waals surface area contributed by atoms with Crippen LogP contribution in [0, 0.1) is 15.9 Å². The number of nitrogens with one attached hydrogen (secondary N) is 2. The van der Waals surface area contributed by atoms with Gasteiger partial charge in [0.15, 0.2) is 0 Å². The van der Waals surface area contributed by atoms with Gasteiger partial charge < -0.3 is 10.1 Å². The molecule has 0 fully saturated rings. The number of hydrogen-bond acceptors (Lipinski definition) is 6. The zero-order valence-corrected chi connectivity index (χ0v) is 16.9. The van der Waals surface area contributed by atoms with Crippen LogP contribution in [0.5, 0.6) is 5.75 Å². The Bertz CT molecular complexity index is 1250. The summed E-state index contributed by atoms with van der Waals surface area (Å²) in [6, 6.07) is 13.6. The first-order valence-corrected chi connectivity index (χ1v) is 10.2. The minimum absolute atomic E-state index is 0.0824. The summed E-state index contributed by atoms with van der Waals surface area (Å²) >= 11 is 0. The van der Waals surface area contributed by atoms with Gasteiger partial charge in [-0.15, -0.1) is 0 Å². The molecule has 3 aromatic carbocycles. The summed E-state index contributed by atoms with van der Waals surface area (Å²) in [6.07, 6.45) is 0. The molecule has 0 saturated carbocycles. The number of rotatable bonds is 7. The summed E-state index contributed by atoms with van der Waals surface area (Å²) in [5.41, 5.74) is 0.0340. The maximum absolute atomic E-state index is 13.0. The predicted octanol–water partition coefficient (Wildman–Crippen LogP) is 3.80. The fourth-order valence-corrected chi connectivity index (χ4v) is 3.70. The van der Waals surface area contributed by atoms with Crippen LogP contribution in [0.15, 0.2) is 71.6 Å². The number of sulfonamides is 1. The minimum Gasteiger partial charge on any atom is -0.495 e. The van der Waals surface area contributed by atoms with E-state index in [1.165, 1.54) is 43.5 Å². The fraction of sp³-hybridized carbons (Fsp3) is 0.0500. The van der Waals surface area contributed by atoms with Gasteiger partial charge in [-0.25, -0.2) is 12.8 Å². The van der Waals surface area contributed by atoms with Crippen molar-refractivity contribution < 1.29 is 27.3 Å². The van der Waals surface area contributed by atoms with Gasteiger partial charge in [-0.2, -0.15) is 0 Å². The van der Waals surface area contributed by atoms with Gasteiger partial charge in [-0.1, -0.05) is 6.07 Å². The number of ether oxygens (including phenoxy) is 1. The van der Waals surface area contributed by atoms with E-state index in [1.54, 1.807) is 0 Å². The molecule has 0 saturated heterocycles. The zero-order chi connectivity index (χ0) is 22.6. The molecule has 9 nitrogen and oxygen atoms in total. The molecule has 0 aliphatic carbocycles. The molecular weight excluding hydrogens is 429 g/mol. The van der Waals surface area contributed by atoms with E-state index in [-0.39, 0.29) is 33.3 Å². The molecule has 0 unspecified atom stereocenters. The number of carbonyl (C=O) groups excluding carboxylic acids is 1. The monoisotopic (exact) mass is 445 g/mol. The first-order valence-electron chi connectivity index (χ1n) is 8.72. The highest BCUT2D eigenvalue weighted by atomic mass is 32.2. The van der Waals surface area contributed by atoms with Gasteiger partial charge in [0, 0.05) is 23.4 Å². The average molecular weight is 445 g/mol. The van der Waals surface area contributed by atoms with Crippen molar-refractivity contribution >= 4 is 33.0 Å². The molecule has 0 radical (unpaired) electrons. The van der Waals surface area contributed by atoms with E-state index in [2.05, 4.69) is 10.0 Å². The van der Waals surface area contributed by atoms with Crippen molar-refractivity contribution in [2.24, 2.45) is 0 Å². The van der Waals surface area contributed by atoms with E-state index >= 15 is 0 Å². The van der Waals surface area contributed by atoms with E-state index < -0.39 is 26.7 Å². The number of anilines is 2. The van der Waals surface area contributed by atoms with E-state index in [9.17, 15) is 27.7 Å². The summed E-state index contributed by atoms with van der Waals surface area (Å²) in [4.78, 5) is 22.9. The van der Waals surface area contributed by atoms with Crippen LogP contribution in [-0.4, -0.2) is 26.4 Å². The van der Waals surface area contributed by atoms with Gasteiger partial charge in [0.25, 0.3) is 21.6 Å². The third kappa shape index (κ3) is 5.14. The van der Waals surface area contributed by atoms with Gasteiger partial charge in [-0.3, -0.25) is 19.6 Å². The number of methoxy groups -OCH3 is 1. The van der Waals surface area contributed by atoms with Crippen molar-refractivity contribution in [3.63, 3.8) is 0 Å². The molecule has 0 bridgehead atoms. The predicted molar refractivity (Wildman–Crippen MR) is 111 cm³/mol. The van der Waals surface area contributed by atoms with Crippen molar-refractivity contribution in [2.45, 2.75) is 4.90 Å². The highest BCUT2D eigenvalue weighted by molar-refractivity contribution is 7.92. The normalized spacial score (nSPS) is 10.9. The molecule has 0 spiro atoms. The molecule has 1 amide bonds. The van der Waals surface area contributed by atoms with Crippen molar-refractivity contribution in [3.05, 3.63) is 88.2 Å². The van der Waals surface area contributed by atoms with E-state index in [1.807, 2.05) is 0 Å². The van der Waals surface area contributed by atoms with Crippen LogP contribution in [0.2, 0.25) is 0 Å². The average Bonchev–Trinajstić information content (AvgIpc) is 2.73. The molecule has 160 valence electrons. The van der Waals surface area contributed by atoms with Gasteiger partial charge in [0.2, 0.25) is 0 Å². The molecule has 0 aliphatic heterocycles. The second-order valence-electron chi connectivity index (χ2n) is 6.24. The second-order valence-corrected chi connectivity index (χ2v) is 7.92. The van der Waals surface area contributed by atoms with Crippen LogP contribution in [0.25, 0.3) is 0 Å². The Hall–Kier alpha value is -3.99. The van der Waals surface area contributed by atoms with Gasteiger partial charge in [-0.05, 0) is 48.5 Å². The SMILES string of the molecule is COc1ccc([N+](=O)[O-])cc1NC(=O)c1cccc(NS(=O)(=O)c2ccc(F)cc2)c1. The van der Waals surface area contributed by atoms with Crippen LogP contribution in [0.3, 0.4) is 0 Å². The van der Waals surface area contributed by atoms with E-state index in [0.29, 0.717) is 0 Å². The third-order valence-corrected chi connectivity index (χ3v) is 5.54. The molecule has 0 heterocycles. The summed E-state index contributed by atoms with van der Waals surface area (Å²) in [5, 5.41) is 13.5. The molecule has 2 N–H and O–H groups in total. The number of non-ortho nitro benzene ring substituents is 1. The Labute approximate surface area is 176 Å². The number of amides is 1. The lowest BCUT2D eigenvalue weighted by molar-refractivity contribution is -0.384. The molecule has 0 atom stereocenters. The minimum atomic E-state index is -4.00. The summed E-state index contributed by atoms with van der Waals surface area (Å²) in [6.45, 7) is 0. The summed E-state index contributed by atoms with van der Waals surface area (Å²) in [7, 11) is -2.65. The van der Waals surface area contributed by atoms with Gasteiger partial charge >= 0.3 is 0 Å².